The molecular formula is C9H15NO3. The zero-order valence-electron chi connectivity index (χ0n) is 7.86. The standard InChI is InChI=1S/C9H15NO3/c1-11-6-2-3-9-12-7-8(13-9)4-5-10/h8-9H,2-4,6-7H2,1H3. The van der Waals surface area contributed by atoms with E-state index in [4.69, 9.17) is 19.5 Å². The van der Waals surface area contributed by atoms with Crippen LogP contribution in [0.2, 0.25) is 0 Å². The minimum atomic E-state index is -0.131. The van der Waals surface area contributed by atoms with Gasteiger partial charge in [0.05, 0.1) is 25.2 Å². The summed E-state index contributed by atoms with van der Waals surface area (Å²) in [5.74, 6) is 0. The van der Waals surface area contributed by atoms with Crippen LogP contribution in [0.3, 0.4) is 0 Å². The number of hydrogen-bond acceptors (Lipinski definition) is 4. The molecule has 0 aliphatic carbocycles. The van der Waals surface area contributed by atoms with Crippen molar-refractivity contribution < 1.29 is 14.2 Å². The van der Waals surface area contributed by atoms with Gasteiger partial charge in [0.15, 0.2) is 6.29 Å². The van der Waals surface area contributed by atoms with E-state index in [1.54, 1.807) is 7.11 Å². The lowest BCUT2D eigenvalue weighted by atomic mass is 10.3. The van der Waals surface area contributed by atoms with E-state index in [-0.39, 0.29) is 12.4 Å². The highest BCUT2D eigenvalue weighted by molar-refractivity contribution is 4.78. The van der Waals surface area contributed by atoms with Crippen molar-refractivity contribution in [3.63, 3.8) is 0 Å². The Morgan fingerprint density at radius 1 is 1.62 bits per heavy atom. The van der Waals surface area contributed by atoms with E-state index in [2.05, 4.69) is 6.07 Å². The largest absolute Gasteiger partial charge is 0.385 e. The average Bonchev–Trinajstić information content (AvgIpc) is 2.54. The summed E-state index contributed by atoms with van der Waals surface area (Å²) in [7, 11) is 1.68. The predicted molar refractivity (Wildman–Crippen MR) is 46.0 cm³/mol. The zero-order valence-corrected chi connectivity index (χ0v) is 7.86. The summed E-state index contributed by atoms with van der Waals surface area (Å²) in [6.45, 7) is 1.28. The second kappa shape index (κ2) is 5.92. The van der Waals surface area contributed by atoms with Gasteiger partial charge >= 0.3 is 0 Å². The van der Waals surface area contributed by atoms with Crippen LogP contribution in [0.5, 0.6) is 0 Å². The van der Waals surface area contributed by atoms with Gasteiger partial charge in [0.25, 0.3) is 0 Å². The fraction of sp³-hybridized carbons (Fsp3) is 0.889. The molecule has 1 fully saturated rings. The van der Waals surface area contributed by atoms with Gasteiger partial charge in [-0.15, -0.1) is 0 Å². The summed E-state index contributed by atoms with van der Waals surface area (Å²) >= 11 is 0. The van der Waals surface area contributed by atoms with Crippen LogP contribution >= 0.6 is 0 Å². The van der Waals surface area contributed by atoms with Crippen molar-refractivity contribution >= 4 is 0 Å². The minimum absolute atomic E-state index is 0.0301. The Hall–Kier alpha value is -0.630. The monoisotopic (exact) mass is 185 g/mol. The van der Waals surface area contributed by atoms with Crippen LogP contribution in [0.25, 0.3) is 0 Å². The van der Waals surface area contributed by atoms with Gasteiger partial charge in [-0.2, -0.15) is 5.26 Å². The molecule has 1 aliphatic heterocycles. The highest BCUT2D eigenvalue weighted by atomic mass is 16.7. The fourth-order valence-corrected chi connectivity index (χ4v) is 1.26. The van der Waals surface area contributed by atoms with Crippen molar-refractivity contribution in [3.8, 4) is 6.07 Å². The quantitative estimate of drug-likeness (QED) is 0.601. The molecular weight excluding hydrogens is 170 g/mol. The van der Waals surface area contributed by atoms with Crippen molar-refractivity contribution in [1.82, 2.24) is 0 Å². The summed E-state index contributed by atoms with van der Waals surface area (Å²) in [6, 6.07) is 2.07. The van der Waals surface area contributed by atoms with Gasteiger partial charge in [-0.25, -0.2) is 0 Å². The SMILES string of the molecule is COCCCC1OCC(CC#N)O1. The zero-order chi connectivity index (χ0) is 9.52. The first-order valence-corrected chi connectivity index (χ1v) is 4.49. The second-order valence-electron chi connectivity index (χ2n) is 3.02. The molecule has 13 heavy (non-hydrogen) atoms. The fourth-order valence-electron chi connectivity index (χ4n) is 1.26. The first kappa shape index (κ1) is 10.5. The van der Waals surface area contributed by atoms with Crippen molar-refractivity contribution in [2.75, 3.05) is 20.3 Å². The van der Waals surface area contributed by atoms with Gasteiger partial charge in [-0.1, -0.05) is 0 Å². The number of methoxy groups -OCH3 is 1. The molecule has 0 saturated carbocycles. The van der Waals surface area contributed by atoms with Crippen molar-refractivity contribution in [1.29, 1.82) is 5.26 Å². The van der Waals surface area contributed by atoms with Crippen LogP contribution in [-0.2, 0) is 14.2 Å². The van der Waals surface area contributed by atoms with Crippen LogP contribution in [0, 0.1) is 11.3 Å². The van der Waals surface area contributed by atoms with Crippen LogP contribution in [0.1, 0.15) is 19.3 Å². The Morgan fingerprint density at radius 3 is 3.15 bits per heavy atom. The predicted octanol–water partition coefficient (Wildman–Crippen LogP) is 1.07. The van der Waals surface area contributed by atoms with Crippen LogP contribution in [0.4, 0.5) is 0 Å². The highest BCUT2D eigenvalue weighted by Gasteiger charge is 2.24. The second-order valence-corrected chi connectivity index (χ2v) is 3.02. The topological polar surface area (TPSA) is 51.5 Å². The molecule has 0 bridgehead atoms. The molecule has 4 heteroatoms. The molecule has 1 saturated heterocycles. The van der Waals surface area contributed by atoms with Crippen LogP contribution in [-0.4, -0.2) is 32.7 Å². The molecule has 0 radical (unpaired) electrons. The number of ether oxygens (including phenoxy) is 3. The molecule has 1 aliphatic rings. The molecule has 74 valence electrons. The molecule has 4 nitrogen and oxygen atoms in total. The summed E-state index contributed by atoms with van der Waals surface area (Å²) in [5, 5.41) is 8.42. The van der Waals surface area contributed by atoms with E-state index in [9.17, 15) is 0 Å². The molecule has 0 N–H and O–H groups in total. The third-order valence-electron chi connectivity index (χ3n) is 1.92. The van der Waals surface area contributed by atoms with E-state index in [1.165, 1.54) is 0 Å². The maximum atomic E-state index is 8.42. The smallest absolute Gasteiger partial charge is 0.158 e. The summed E-state index contributed by atoms with van der Waals surface area (Å²) in [4.78, 5) is 0. The lowest BCUT2D eigenvalue weighted by Gasteiger charge is -2.08. The third kappa shape index (κ3) is 3.73. The number of nitrogens with zero attached hydrogens (tertiary/aromatic N) is 1. The summed E-state index contributed by atoms with van der Waals surface area (Å²) in [5.41, 5.74) is 0. The first-order chi connectivity index (χ1) is 6.36. The van der Waals surface area contributed by atoms with E-state index in [1.807, 2.05) is 0 Å². The number of hydrogen-bond donors (Lipinski definition) is 0. The Labute approximate surface area is 78.4 Å². The Bertz CT molecular complexity index is 178. The summed E-state index contributed by atoms with van der Waals surface area (Å²) < 4.78 is 15.7. The average molecular weight is 185 g/mol. The summed E-state index contributed by atoms with van der Waals surface area (Å²) in [6.07, 6.45) is 2.03. The molecule has 0 aromatic rings. The molecule has 1 heterocycles. The van der Waals surface area contributed by atoms with E-state index in [0.29, 0.717) is 13.0 Å². The van der Waals surface area contributed by atoms with E-state index < -0.39 is 0 Å². The van der Waals surface area contributed by atoms with Gasteiger partial charge in [0, 0.05) is 20.1 Å². The Morgan fingerprint density at radius 2 is 2.46 bits per heavy atom. The maximum Gasteiger partial charge on any atom is 0.158 e. The molecule has 0 aromatic carbocycles. The molecule has 0 spiro atoms. The van der Waals surface area contributed by atoms with Crippen molar-refractivity contribution in [3.05, 3.63) is 0 Å². The molecule has 2 unspecified atom stereocenters. The normalized spacial score (nSPS) is 27.4. The van der Waals surface area contributed by atoms with Gasteiger partial charge in [0.1, 0.15) is 0 Å². The van der Waals surface area contributed by atoms with E-state index >= 15 is 0 Å². The van der Waals surface area contributed by atoms with Gasteiger partial charge < -0.3 is 14.2 Å². The third-order valence-corrected chi connectivity index (χ3v) is 1.92. The maximum absolute atomic E-state index is 8.42. The molecule has 0 amide bonds. The lowest BCUT2D eigenvalue weighted by molar-refractivity contribution is -0.0645. The highest BCUT2D eigenvalue weighted by Crippen LogP contribution is 2.17. The lowest BCUT2D eigenvalue weighted by Crippen LogP contribution is -2.12. The van der Waals surface area contributed by atoms with Crippen LogP contribution < -0.4 is 0 Å². The van der Waals surface area contributed by atoms with E-state index in [0.717, 1.165) is 19.4 Å². The van der Waals surface area contributed by atoms with Gasteiger partial charge in [0.2, 0.25) is 0 Å². The van der Waals surface area contributed by atoms with Crippen molar-refractivity contribution in [2.24, 2.45) is 0 Å². The van der Waals surface area contributed by atoms with Crippen molar-refractivity contribution in [2.45, 2.75) is 31.7 Å². The number of rotatable bonds is 5. The van der Waals surface area contributed by atoms with Gasteiger partial charge in [-0.3, -0.25) is 0 Å². The minimum Gasteiger partial charge on any atom is -0.385 e. The van der Waals surface area contributed by atoms with Gasteiger partial charge in [-0.05, 0) is 6.42 Å². The Kier molecular flexibility index (Phi) is 4.76. The molecule has 1 rings (SSSR count). The number of nitriles is 1. The molecule has 2 atom stereocenters. The Balaban J connectivity index is 2.07. The molecule has 0 aromatic heterocycles. The van der Waals surface area contributed by atoms with Crippen LogP contribution in [0.15, 0.2) is 0 Å². The first-order valence-electron chi connectivity index (χ1n) is 4.49.